The molecule has 0 bridgehead atoms. The summed E-state index contributed by atoms with van der Waals surface area (Å²) in [7, 11) is 3.19. The van der Waals surface area contributed by atoms with Crippen LogP contribution in [0.15, 0.2) is 36.0 Å². The van der Waals surface area contributed by atoms with Crippen molar-refractivity contribution in [2.45, 2.75) is 33.1 Å². The van der Waals surface area contributed by atoms with Crippen LogP contribution in [0.3, 0.4) is 0 Å². The number of aromatic amines is 1. The fourth-order valence-corrected chi connectivity index (χ4v) is 4.02. The molecule has 0 radical (unpaired) electrons. The standard InChI is InChI=1S/C23H26N2O5/c1-13-19(21(27)29-6)14(2)24-20(13)22(28)30-12-15(26)11-18-23(3,4)16-9-7-8-10-17(16)25(18)5/h7-11,24H,12H2,1-6H3/b18-11-. The smallest absolute Gasteiger partial charge is 0.355 e. The maximum absolute atomic E-state index is 12.6. The number of fused-ring (bicyclic) bond motifs is 1. The van der Waals surface area contributed by atoms with Gasteiger partial charge in [-0.25, -0.2) is 9.59 Å². The molecule has 0 atom stereocenters. The number of H-pyrrole nitrogens is 1. The van der Waals surface area contributed by atoms with Crippen molar-refractivity contribution in [3.05, 3.63) is 64.1 Å². The third kappa shape index (κ3) is 3.51. The Kier molecular flexibility index (Phi) is 5.57. The third-order valence-electron chi connectivity index (χ3n) is 5.61. The van der Waals surface area contributed by atoms with Crippen molar-refractivity contribution in [1.29, 1.82) is 0 Å². The molecule has 0 aliphatic carbocycles. The number of ether oxygens (including phenoxy) is 2. The van der Waals surface area contributed by atoms with Crippen molar-refractivity contribution < 1.29 is 23.9 Å². The minimum atomic E-state index is -0.695. The molecule has 1 aliphatic heterocycles. The molecule has 1 N–H and O–H groups in total. The summed E-state index contributed by atoms with van der Waals surface area (Å²) in [5.41, 5.74) is 4.05. The molecule has 0 spiro atoms. The number of nitrogens with zero attached hydrogens (tertiary/aromatic N) is 1. The third-order valence-corrected chi connectivity index (χ3v) is 5.61. The Labute approximate surface area is 175 Å². The Morgan fingerprint density at radius 3 is 2.43 bits per heavy atom. The monoisotopic (exact) mass is 410 g/mol. The number of esters is 2. The fraction of sp³-hybridized carbons (Fsp3) is 0.348. The Bertz CT molecular complexity index is 1060. The highest BCUT2D eigenvalue weighted by atomic mass is 16.5. The highest BCUT2D eigenvalue weighted by molar-refractivity contribution is 6.00. The van der Waals surface area contributed by atoms with E-state index in [0.717, 1.165) is 16.9 Å². The molecule has 1 aliphatic rings. The van der Waals surface area contributed by atoms with Gasteiger partial charge in [-0.05, 0) is 31.0 Å². The van der Waals surface area contributed by atoms with Gasteiger partial charge >= 0.3 is 11.9 Å². The number of hydrogen-bond donors (Lipinski definition) is 1. The van der Waals surface area contributed by atoms with Crippen LogP contribution < -0.4 is 4.90 Å². The topological polar surface area (TPSA) is 88.7 Å². The van der Waals surface area contributed by atoms with Gasteiger partial charge in [-0.1, -0.05) is 32.0 Å². The zero-order chi connectivity index (χ0) is 22.2. The van der Waals surface area contributed by atoms with E-state index >= 15 is 0 Å². The predicted molar refractivity (Wildman–Crippen MR) is 113 cm³/mol. The predicted octanol–water partition coefficient (Wildman–Crippen LogP) is 3.46. The van der Waals surface area contributed by atoms with E-state index in [9.17, 15) is 14.4 Å². The van der Waals surface area contributed by atoms with Crippen LogP contribution in [0.4, 0.5) is 5.69 Å². The number of methoxy groups -OCH3 is 1. The normalized spacial score (nSPS) is 15.8. The first-order valence-electron chi connectivity index (χ1n) is 9.62. The summed E-state index contributed by atoms with van der Waals surface area (Å²) in [4.78, 5) is 41.7. The number of benzene rings is 1. The van der Waals surface area contributed by atoms with Gasteiger partial charge < -0.3 is 19.4 Å². The molecule has 2 aromatic rings. The van der Waals surface area contributed by atoms with E-state index in [0.29, 0.717) is 16.8 Å². The fourth-order valence-electron chi connectivity index (χ4n) is 4.02. The largest absolute Gasteiger partial charge is 0.465 e. The maximum Gasteiger partial charge on any atom is 0.355 e. The molecule has 0 saturated heterocycles. The maximum atomic E-state index is 12.6. The van der Waals surface area contributed by atoms with Crippen molar-refractivity contribution >= 4 is 23.4 Å². The second kappa shape index (κ2) is 7.82. The zero-order valence-corrected chi connectivity index (χ0v) is 18.1. The number of carbonyl (C=O) groups is 3. The van der Waals surface area contributed by atoms with E-state index in [1.54, 1.807) is 13.8 Å². The van der Waals surface area contributed by atoms with E-state index in [1.807, 2.05) is 36.2 Å². The van der Waals surface area contributed by atoms with Gasteiger partial charge in [0.15, 0.2) is 12.4 Å². The molecule has 1 aromatic carbocycles. The van der Waals surface area contributed by atoms with Crippen LogP contribution >= 0.6 is 0 Å². The van der Waals surface area contributed by atoms with Gasteiger partial charge in [0.2, 0.25) is 0 Å². The number of nitrogens with one attached hydrogen (secondary N) is 1. The van der Waals surface area contributed by atoms with Gasteiger partial charge in [-0.3, -0.25) is 4.79 Å². The van der Waals surface area contributed by atoms with E-state index < -0.39 is 18.5 Å². The van der Waals surface area contributed by atoms with Crippen molar-refractivity contribution in [2.75, 3.05) is 25.7 Å². The lowest BCUT2D eigenvalue weighted by atomic mass is 9.83. The molecule has 30 heavy (non-hydrogen) atoms. The Balaban J connectivity index is 1.74. The first-order valence-corrected chi connectivity index (χ1v) is 9.62. The van der Waals surface area contributed by atoms with Gasteiger partial charge in [0.1, 0.15) is 5.69 Å². The summed E-state index contributed by atoms with van der Waals surface area (Å²) in [6.45, 7) is 7.01. The average molecular weight is 410 g/mol. The summed E-state index contributed by atoms with van der Waals surface area (Å²) < 4.78 is 9.95. The number of likely N-dealkylation sites (N-methyl/N-ethyl adjacent to an activating group) is 1. The minimum absolute atomic E-state index is 0.138. The molecule has 2 heterocycles. The molecule has 3 rings (SSSR count). The van der Waals surface area contributed by atoms with Crippen molar-refractivity contribution in [2.24, 2.45) is 0 Å². The van der Waals surface area contributed by atoms with Crippen LogP contribution in [0.1, 0.15) is 51.5 Å². The van der Waals surface area contributed by atoms with E-state index in [1.165, 1.54) is 13.2 Å². The lowest BCUT2D eigenvalue weighted by Gasteiger charge is -2.23. The highest BCUT2D eigenvalue weighted by Gasteiger charge is 2.38. The second-order valence-electron chi connectivity index (χ2n) is 7.89. The molecular weight excluding hydrogens is 384 g/mol. The number of aromatic nitrogens is 1. The van der Waals surface area contributed by atoms with Gasteiger partial charge in [0, 0.05) is 35.6 Å². The number of anilines is 1. The first kappa shape index (κ1) is 21.4. The molecule has 7 heteroatoms. The summed E-state index contributed by atoms with van der Waals surface area (Å²) in [6, 6.07) is 8.00. The zero-order valence-electron chi connectivity index (χ0n) is 18.1. The molecule has 1 aromatic heterocycles. The molecule has 0 fully saturated rings. The molecule has 0 unspecified atom stereocenters. The summed E-state index contributed by atoms with van der Waals surface area (Å²) in [6.07, 6.45) is 1.53. The summed E-state index contributed by atoms with van der Waals surface area (Å²) in [5.74, 6) is -1.55. The van der Waals surface area contributed by atoms with Crippen LogP contribution in [0.2, 0.25) is 0 Å². The summed E-state index contributed by atoms with van der Waals surface area (Å²) in [5, 5.41) is 0. The van der Waals surface area contributed by atoms with E-state index in [2.05, 4.69) is 18.8 Å². The quantitative estimate of drug-likeness (QED) is 0.600. The average Bonchev–Trinajstić information content (AvgIpc) is 3.11. The van der Waals surface area contributed by atoms with Crippen molar-refractivity contribution in [3.63, 3.8) is 0 Å². The van der Waals surface area contributed by atoms with Gasteiger partial charge in [-0.2, -0.15) is 0 Å². The molecule has 0 amide bonds. The molecule has 7 nitrogen and oxygen atoms in total. The van der Waals surface area contributed by atoms with Crippen molar-refractivity contribution in [3.8, 4) is 0 Å². The number of carbonyl (C=O) groups excluding carboxylic acids is 3. The Morgan fingerprint density at radius 2 is 1.80 bits per heavy atom. The van der Waals surface area contributed by atoms with Crippen LogP contribution in [0, 0.1) is 13.8 Å². The van der Waals surface area contributed by atoms with Crippen LogP contribution in [0.5, 0.6) is 0 Å². The minimum Gasteiger partial charge on any atom is -0.465 e. The van der Waals surface area contributed by atoms with Crippen molar-refractivity contribution in [1.82, 2.24) is 4.98 Å². The number of aryl methyl sites for hydroxylation is 1. The highest BCUT2D eigenvalue weighted by Crippen LogP contribution is 2.46. The van der Waals surface area contributed by atoms with Crippen LogP contribution in [0.25, 0.3) is 0 Å². The van der Waals surface area contributed by atoms with Gasteiger partial charge in [0.05, 0.1) is 12.7 Å². The number of rotatable bonds is 5. The lowest BCUT2D eigenvalue weighted by Crippen LogP contribution is -2.25. The second-order valence-corrected chi connectivity index (χ2v) is 7.89. The summed E-state index contributed by atoms with van der Waals surface area (Å²) >= 11 is 0. The molecule has 158 valence electrons. The van der Waals surface area contributed by atoms with Crippen LogP contribution in [-0.4, -0.2) is 43.5 Å². The van der Waals surface area contributed by atoms with E-state index in [-0.39, 0.29) is 16.9 Å². The number of para-hydroxylation sites is 1. The van der Waals surface area contributed by atoms with Gasteiger partial charge in [-0.15, -0.1) is 0 Å². The molecular formula is C23H26N2O5. The first-order chi connectivity index (χ1) is 14.1. The molecule has 0 saturated carbocycles. The SMILES string of the molecule is COC(=O)c1c(C)[nH]c(C(=O)OCC(=O)/C=C2\N(C)c3ccccc3C2(C)C)c1C. The Morgan fingerprint density at radius 1 is 1.13 bits per heavy atom. The number of allylic oxidation sites excluding steroid dienone is 1. The Hall–Kier alpha value is -3.35. The van der Waals surface area contributed by atoms with Crippen LogP contribution in [-0.2, 0) is 19.7 Å². The van der Waals surface area contributed by atoms with Gasteiger partial charge in [0.25, 0.3) is 0 Å². The van der Waals surface area contributed by atoms with E-state index in [4.69, 9.17) is 9.47 Å². The number of ketones is 1. The number of hydrogen-bond acceptors (Lipinski definition) is 6. The lowest BCUT2D eigenvalue weighted by molar-refractivity contribution is -0.117.